The summed E-state index contributed by atoms with van der Waals surface area (Å²) in [5, 5.41) is 32.8. The monoisotopic (exact) mass is 345 g/mol. The van der Waals surface area contributed by atoms with Crippen molar-refractivity contribution in [1.82, 2.24) is 4.90 Å². The maximum absolute atomic E-state index is 11.7. The minimum absolute atomic E-state index is 0.0719. The van der Waals surface area contributed by atoms with E-state index in [1.54, 1.807) is 6.07 Å². The fourth-order valence-corrected chi connectivity index (χ4v) is 5.49. The molecular formula is C20H27NO4. The summed E-state index contributed by atoms with van der Waals surface area (Å²) in [5.74, 6) is 0.539. The Kier molecular flexibility index (Phi) is 3.69. The minimum Gasteiger partial charge on any atom is -0.504 e. The van der Waals surface area contributed by atoms with Gasteiger partial charge in [-0.25, -0.2) is 0 Å². The van der Waals surface area contributed by atoms with Gasteiger partial charge >= 0.3 is 0 Å². The molecule has 5 atom stereocenters. The average Bonchev–Trinajstić information content (AvgIpc) is 2.92. The largest absolute Gasteiger partial charge is 0.504 e. The van der Waals surface area contributed by atoms with Crippen LogP contribution in [-0.4, -0.2) is 57.2 Å². The lowest BCUT2D eigenvalue weighted by Gasteiger charge is -2.60. The van der Waals surface area contributed by atoms with Gasteiger partial charge in [-0.2, -0.15) is 0 Å². The smallest absolute Gasteiger partial charge is 0.165 e. The van der Waals surface area contributed by atoms with Crippen molar-refractivity contribution in [2.45, 2.75) is 62.4 Å². The average molecular weight is 345 g/mol. The SMILES string of the molecule is C=CCN1CCC23c4c(ccc(O)c4O[C@H]2C(O)CC)CC1C3(C)O. The third kappa shape index (κ3) is 1.94. The van der Waals surface area contributed by atoms with Crippen molar-refractivity contribution < 1.29 is 20.1 Å². The van der Waals surface area contributed by atoms with E-state index in [1.807, 2.05) is 26.0 Å². The van der Waals surface area contributed by atoms with Gasteiger partial charge in [-0.05, 0) is 44.4 Å². The molecule has 1 aliphatic carbocycles. The molecule has 1 spiro atoms. The molecule has 4 unspecified atom stereocenters. The number of aromatic hydroxyl groups is 1. The van der Waals surface area contributed by atoms with Crippen LogP contribution in [-0.2, 0) is 11.8 Å². The molecule has 1 aromatic rings. The van der Waals surface area contributed by atoms with Crippen molar-refractivity contribution in [1.29, 1.82) is 0 Å². The first kappa shape index (κ1) is 16.9. The number of phenolic OH excluding ortho intramolecular Hbond substituents is 1. The molecule has 2 heterocycles. The second kappa shape index (κ2) is 5.47. The van der Waals surface area contributed by atoms with Gasteiger partial charge in [0, 0.05) is 18.2 Å². The van der Waals surface area contributed by atoms with E-state index in [4.69, 9.17) is 4.74 Å². The van der Waals surface area contributed by atoms with Crippen LogP contribution in [0.3, 0.4) is 0 Å². The Morgan fingerprint density at radius 1 is 1.48 bits per heavy atom. The summed E-state index contributed by atoms with van der Waals surface area (Å²) in [5.41, 5.74) is 0.237. The molecular weight excluding hydrogens is 318 g/mol. The zero-order chi connectivity index (χ0) is 18.0. The first-order valence-electron chi connectivity index (χ1n) is 9.15. The zero-order valence-electron chi connectivity index (χ0n) is 14.9. The number of ether oxygens (including phenoxy) is 1. The number of nitrogens with zero attached hydrogens (tertiary/aromatic N) is 1. The Morgan fingerprint density at radius 3 is 2.92 bits per heavy atom. The molecule has 0 aromatic heterocycles. The van der Waals surface area contributed by atoms with E-state index in [9.17, 15) is 15.3 Å². The van der Waals surface area contributed by atoms with E-state index in [1.165, 1.54) is 0 Å². The Balaban J connectivity index is 1.95. The van der Waals surface area contributed by atoms with Crippen molar-refractivity contribution in [3.63, 3.8) is 0 Å². The van der Waals surface area contributed by atoms with Gasteiger partial charge in [0.2, 0.25) is 0 Å². The summed E-state index contributed by atoms with van der Waals surface area (Å²) >= 11 is 0. The fraction of sp³-hybridized carbons (Fsp3) is 0.600. The summed E-state index contributed by atoms with van der Waals surface area (Å²) in [4.78, 5) is 2.27. The predicted octanol–water partition coefficient (Wildman–Crippen LogP) is 1.73. The van der Waals surface area contributed by atoms with Crippen LogP contribution >= 0.6 is 0 Å². The molecule has 0 amide bonds. The molecule has 25 heavy (non-hydrogen) atoms. The highest BCUT2D eigenvalue weighted by Gasteiger charge is 2.69. The van der Waals surface area contributed by atoms with Crippen LogP contribution < -0.4 is 4.74 Å². The molecule has 136 valence electrons. The summed E-state index contributed by atoms with van der Waals surface area (Å²) in [6.45, 7) is 9.15. The minimum atomic E-state index is -1.07. The molecule has 3 aliphatic rings. The van der Waals surface area contributed by atoms with Gasteiger partial charge in [0.25, 0.3) is 0 Å². The van der Waals surface area contributed by atoms with E-state index in [-0.39, 0.29) is 11.8 Å². The third-order valence-corrected chi connectivity index (χ3v) is 6.73. The number of piperidine rings is 1. The molecule has 1 fully saturated rings. The van der Waals surface area contributed by atoms with Gasteiger partial charge < -0.3 is 20.1 Å². The maximum Gasteiger partial charge on any atom is 0.165 e. The molecule has 4 rings (SSSR count). The standard InChI is InChI=1S/C20H27NO4/c1-4-9-21-10-8-20-16-12(11-15(21)19(20,3)24)6-7-14(23)17(16)25-18(20)13(22)5-2/h4,6-7,13,15,18,22-24H,1,5,8-11H2,2-3H3/t13?,15?,18-,19?,20?/m0/s1. The Bertz CT molecular complexity index is 716. The van der Waals surface area contributed by atoms with Gasteiger partial charge in [-0.15, -0.1) is 6.58 Å². The number of aliphatic hydroxyl groups is 2. The number of phenols is 1. The Hall–Kier alpha value is -1.56. The lowest BCUT2D eigenvalue weighted by molar-refractivity contribution is -0.167. The normalized spacial score (nSPS) is 37.3. The maximum atomic E-state index is 11.7. The number of hydrogen-bond donors (Lipinski definition) is 3. The number of likely N-dealkylation sites (tertiary alicyclic amines) is 1. The number of aliphatic hydroxyl groups excluding tert-OH is 1. The van der Waals surface area contributed by atoms with Crippen LogP contribution in [0, 0.1) is 0 Å². The van der Waals surface area contributed by atoms with Crippen LogP contribution in [0.2, 0.25) is 0 Å². The van der Waals surface area contributed by atoms with E-state index >= 15 is 0 Å². The van der Waals surface area contributed by atoms with Crippen LogP contribution in [0.4, 0.5) is 0 Å². The number of hydrogen-bond acceptors (Lipinski definition) is 5. The summed E-state index contributed by atoms with van der Waals surface area (Å²) in [6, 6.07) is 3.53. The Morgan fingerprint density at radius 2 is 2.24 bits per heavy atom. The molecule has 5 heteroatoms. The topological polar surface area (TPSA) is 73.2 Å². The van der Waals surface area contributed by atoms with Gasteiger partial charge in [0.15, 0.2) is 11.5 Å². The second-order valence-corrected chi connectivity index (χ2v) is 7.83. The number of benzene rings is 1. The molecule has 1 saturated heterocycles. The first-order chi connectivity index (χ1) is 11.9. The molecule has 5 nitrogen and oxygen atoms in total. The number of rotatable bonds is 4. The van der Waals surface area contributed by atoms with E-state index < -0.39 is 23.2 Å². The van der Waals surface area contributed by atoms with E-state index in [0.29, 0.717) is 25.0 Å². The number of fused-ring (bicyclic) bond motifs is 1. The van der Waals surface area contributed by atoms with Gasteiger partial charge in [0.05, 0.1) is 17.1 Å². The lowest BCUT2D eigenvalue weighted by Crippen LogP contribution is -2.73. The third-order valence-electron chi connectivity index (χ3n) is 6.73. The van der Waals surface area contributed by atoms with Gasteiger partial charge in [-0.3, -0.25) is 4.90 Å². The Labute approximate surface area is 148 Å². The molecule has 1 aromatic carbocycles. The van der Waals surface area contributed by atoms with Crippen molar-refractivity contribution in [3.05, 3.63) is 35.9 Å². The van der Waals surface area contributed by atoms with Crippen LogP contribution in [0.25, 0.3) is 0 Å². The summed E-state index contributed by atoms with van der Waals surface area (Å²) in [6.07, 6.45) is 2.53. The summed E-state index contributed by atoms with van der Waals surface area (Å²) < 4.78 is 6.12. The van der Waals surface area contributed by atoms with Gasteiger partial charge in [0.1, 0.15) is 6.10 Å². The molecule has 0 saturated carbocycles. The van der Waals surface area contributed by atoms with E-state index in [2.05, 4.69) is 11.5 Å². The van der Waals surface area contributed by atoms with Crippen molar-refractivity contribution in [3.8, 4) is 11.5 Å². The first-order valence-corrected chi connectivity index (χ1v) is 9.15. The quantitative estimate of drug-likeness (QED) is 0.725. The molecule has 2 bridgehead atoms. The van der Waals surface area contributed by atoms with Crippen LogP contribution in [0.15, 0.2) is 24.8 Å². The lowest BCUT2D eigenvalue weighted by atomic mass is 9.53. The highest BCUT2D eigenvalue weighted by atomic mass is 16.5. The highest BCUT2D eigenvalue weighted by molar-refractivity contribution is 5.61. The second-order valence-electron chi connectivity index (χ2n) is 7.83. The van der Waals surface area contributed by atoms with Crippen molar-refractivity contribution >= 4 is 0 Å². The zero-order valence-corrected chi connectivity index (χ0v) is 14.9. The molecule has 2 aliphatic heterocycles. The predicted molar refractivity (Wildman–Crippen MR) is 95.0 cm³/mol. The van der Waals surface area contributed by atoms with Crippen molar-refractivity contribution in [2.75, 3.05) is 13.1 Å². The fourth-order valence-electron chi connectivity index (χ4n) is 5.49. The van der Waals surface area contributed by atoms with Crippen molar-refractivity contribution in [2.24, 2.45) is 0 Å². The molecule has 0 radical (unpaired) electrons. The molecule has 3 N–H and O–H groups in total. The van der Waals surface area contributed by atoms with Crippen LogP contribution in [0.1, 0.15) is 37.8 Å². The summed E-state index contributed by atoms with van der Waals surface area (Å²) in [7, 11) is 0. The van der Waals surface area contributed by atoms with Crippen LogP contribution in [0.5, 0.6) is 11.5 Å². The highest BCUT2D eigenvalue weighted by Crippen LogP contribution is 2.62. The van der Waals surface area contributed by atoms with E-state index in [0.717, 1.165) is 24.2 Å². The van der Waals surface area contributed by atoms with Gasteiger partial charge in [-0.1, -0.05) is 19.1 Å².